The van der Waals surface area contributed by atoms with Gasteiger partial charge in [0.05, 0.1) is 30.9 Å². The summed E-state index contributed by atoms with van der Waals surface area (Å²) >= 11 is 0. The summed E-state index contributed by atoms with van der Waals surface area (Å²) < 4.78 is 35.4. The number of fused-ring (bicyclic) bond motifs is 1. The summed E-state index contributed by atoms with van der Waals surface area (Å²) in [6.45, 7) is 0.580. The van der Waals surface area contributed by atoms with Gasteiger partial charge in [0, 0.05) is 37.9 Å². The van der Waals surface area contributed by atoms with Crippen LogP contribution in [-0.4, -0.2) is 60.0 Å². The number of aromatic amines is 1. The van der Waals surface area contributed by atoms with E-state index in [4.69, 9.17) is 4.74 Å². The van der Waals surface area contributed by atoms with Gasteiger partial charge in [-0.25, -0.2) is 13.8 Å². The van der Waals surface area contributed by atoms with E-state index < -0.39 is 12.0 Å². The number of anilines is 1. The van der Waals surface area contributed by atoms with Crippen LogP contribution in [0, 0.1) is 0 Å². The number of pyridine rings is 1. The first-order chi connectivity index (χ1) is 14.9. The number of alkyl halides is 2. The van der Waals surface area contributed by atoms with Gasteiger partial charge in [-0.3, -0.25) is 9.69 Å². The first kappa shape index (κ1) is 21.0. The molecule has 3 heterocycles. The van der Waals surface area contributed by atoms with Crippen LogP contribution >= 0.6 is 0 Å². The summed E-state index contributed by atoms with van der Waals surface area (Å²) in [6, 6.07) is 8.06. The largest absolute Gasteiger partial charge is 0.497 e. The zero-order valence-corrected chi connectivity index (χ0v) is 17.4. The predicted octanol–water partition coefficient (Wildman–Crippen LogP) is 3.25. The summed E-state index contributed by atoms with van der Waals surface area (Å²) in [4.78, 5) is 21.2. The minimum absolute atomic E-state index is 0.241. The van der Waals surface area contributed by atoms with Crippen molar-refractivity contribution in [2.75, 3.05) is 32.6 Å². The van der Waals surface area contributed by atoms with Gasteiger partial charge in [0.1, 0.15) is 11.4 Å². The number of carbonyl (C=O) groups excluding carboxylic acids is 1. The van der Waals surface area contributed by atoms with Gasteiger partial charge < -0.3 is 20.4 Å². The van der Waals surface area contributed by atoms with Crippen LogP contribution in [0.4, 0.5) is 14.5 Å². The normalized spacial score (nSPS) is 18.6. The summed E-state index contributed by atoms with van der Waals surface area (Å²) in [5, 5.41) is 6.12. The van der Waals surface area contributed by atoms with Crippen molar-refractivity contribution >= 4 is 22.6 Å². The minimum Gasteiger partial charge on any atom is -0.497 e. The molecular weight excluding hydrogens is 404 g/mol. The highest BCUT2D eigenvalue weighted by atomic mass is 19.3. The Kier molecular flexibility index (Phi) is 5.77. The quantitative estimate of drug-likeness (QED) is 0.560. The lowest BCUT2D eigenvalue weighted by Gasteiger charge is -2.39. The molecule has 0 bridgehead atoms. The molecule has 3 aromatic rings. The molecule has 1 amide bonds. The van der Waals surface area contributed by atoms with Crippen LogP contribution < -0.4 is 15.4 Å². The molecule has 4 rings (SSSR count). The fraction of sp³-hybridized carbons (Fsp3) is 0.364. The molecule has 0 saturated carbocycles. The molecule has 0 spiro atoms. The molecule has 2 aromatic heterocycles. The van der Waals surface area contributed by atoms with Crippen LogP contribution in [0.1, 0.15) is 22.3 Å². The van der Waals surface area contributed by atoms with Crippen molar-refractivity contribution in [3.63, 3.8) is 0 Å². The van der Waals surface area contributed by atoms with Gasteiger partial charge >= 0.3 is 0 Å². The Morgan fingerprint density at radius 3 is 2.77 bits per heavy atom. The van der Waals surface area contributed by atoms with E-state index in [1.165, 1.54) is 13.2 Å². The molecule has 9 heteroatoms. The number of benzene rings is 1. The third-order valence-electron chi connectivity index (χ3n) is 5.62. The number of H-pyrrole nitrogens is 1. The molecule has 1 fully saturated rings. The van der Waals surface area contributed by atoms with Gasteiger partial charge in [-0.15, -0.1) is 0 Å². The maximum Gasteiger partial charge on any atom is 0.280 e. The van der Waals surface area contributed by atoms with Gasteiger partial charge in [0.25, 0.3) is 11.8 Å². The van der Waals surface area contributed by atoms with Gasteiger partial charge in [0.15, 0.2) is 0 Å². The van der Waals surface area contributed by atoms with Crippen molar-refractivity contribution in [2.24, 2.45) is 0 Å². The molecular formula is C22H25F2N5O2. The third-order valence-corrected chi connectivity index (χ3v) is 5.62. The molecule has 3 N–H and O–H groups in total. The lowest BCUT2D eigenvalue weighted by Crippen LogP contribution is -2.54. The predicted molar refractivity (Wildman–Crippen MR) is 115 cm³/mol. The van der Waals surface area contributed by atoms with Gasteiger partial charge in [-0.05, 0) is 30.2 Å². The molecule has 0 radical (unpaired) electrons. The Bertz CT molecular complexity index is 1070. The number of methoxy groups -OCH3 is 1. The fourth-order valence-corrected chi connectivity index (χ4v) is 3.96. The van der Waals surface area contributed by atoms with Gasteiger partial charge in [-0.2, -0.15) is 0 Å². The number of nitrogens with one attached hydrogen (secondary N) is 3. The topological polar surface area (TPSA) is 82.3 Å². The summed E-state index contributed by atoms with van der Waals surface area (Å²) in [5.74, 6) is -2.62. The van der Waals surface area contributed by atoms with E-state index in [0.29, 0.717) is 29.8 Å². The maximum atomic E-state index is 15.1. The number of rotatable bonds is 6. The number of aromatic nitrogens is 2. The number of carbonyl (C=O) groups is 1. The molecule has 1 aromatic carbocycles. The Labute approximate surface area is 178 Å². The maximum absolute atomic E-state index is 15.1. The third kappa shape index (κ3) is 4.32. The minimum atomic E-state index is -2.98. The number of piperidine rings is 1. The lowest BCUT2D eigenvalue weighted by molar-refractivity contribution is -0.0758. The number of nitrogens with zero attached hydrogens (tertiary/aromatic N) is 2. The van der Waals surface area contributed by atoms with Crippen molar-refractivity contribution in [2.45, 2.75) is 24.9 Å². The summed E-state index contributed by atoms with van der Waals surface area (Å²) in [6.07, 6.45) is 3.31. The van der Waals surface area contributed by atoms with Crippen molar-refractivity contribution in [1.82, 2.24) is 20.2 Å². The number of halogens is 2. The van der Waals surface area contributed by atoms with E-state index in [1.54, 1.807) is 24.3 Å². The molecule has 164 valence electrons. The van der Waals surface area contributed by atoms with Crippen LogP contribution in [0.2, 0.25) is 0 Å². The highest BCUT2D eigenvalue weighted by molar-refractivity contribution is 6.06. The Balaban J connectivity index is 1.52. The zero-order valence-electron chi connectivity index (χ0n) is 17.4. The molecule has 1 aliphatic rings. The van der Waals surface area contributed by atoms with Crippen LogP contribution in [-0.2, 0) is 6.54 Å². The van der Waals surface area contributed by atoms with Crippen molar-refractivity contribution < 1.29 is 18.3 Å². The van der Waals surface area contributed by atoms with Crippen LogP contribution in [0.5, 0.6) is 5.75 Å². The van der Waals surface area contributed by atoms with E-state index in [-0.39, 0.29) is 24.4 Å². The summed E-state index contributed by atoms with van der Waals surface area (Å²) in [7, 11) is 3.09. The first-order valence-electron chi connectivity index (χ1n) is 10.1. The monoisotopic (exact) mass is 429 g/mol. The second-order valence-corrected chi connectivity index (χ2v) is 7.67. The van der Waals surface area contributed by atoms with Crippen molar-refractivity contribution in [3.05, 3.63) is 53.9 Å². The Morgan fingerprint density at radius 1 is 1.32 bits per heavy atom. The molecule has 0 aliphatic carbocycles. The zero-order chi connectivity index (χ0) is 22.0. The Hall–Kier alpha value is -3.20. The molecule has 7 nitrogen and oxygen atoms in total. The lowest BCUT2D eigenvalue weighted by atomic mass is 9.98. The highest BCUT2D eigenvalue weighted by Gasteiger charge is 2.45. The van der Waals surface area contributed by atoms with Crippen LogP contribution in [0.3, 0.4) is 0 Å². The smallest absolute Gasteiger partial charge is 0.280 e. The SMILES string of the molecule is CNC(=O)c1cnc2[nH]ccc2c1NC1CCN(Cc2ccc(OC)cc2)CC1(F)F. The van der Waals surface area contributed by atoms with Gasteiger partial charge in [0.2, 0.25) is 0 Å². The number of ether oxygens (including phenoxy) is 1. The second kappa shape index (κ2) is 8.50. The second-order valence-electron chi connectivity index (χ2n) is 7.67. The number of hydrogen-bond acceptors (Lipinski definition) is 5. The molecule has 1 unspecified atom stereocenters. The average molecular weight is 429 g/mol. The molecule has 1 aliphatic heterocycles. The van der Waals surface area contributed by atoms with Crippen LogP contribution in [0.15, 0.2) is 42.7 Å². The van der Waals surface area contributed by atoms with Crippen LogP contribution in [0.25, 0.3) is 11.0 Å². The molecule has 1 atom stereocenters. The van der Waals surface area contributed by atoms with Crippen molar-refractivity contribution in [1.29, 1.82) is 0 Å². The Morgan fingerprint density at radius 2 is 2.10 bits per heavy atom. The number of likely N-dealkylation sites (tertiary alicyclic amines) is 1. The van der Waals surface area contributed by atoms with E-state index in [1.807, 2.05) is 24.3 Å². The fourth-order valence-electron chi connectivity index (χ4n) is 3.96. The van der Waals surface area contributed by atoms with Crippen molar-refractivity contribution in [3.8, 4) is 5.75 Å². The molecule has 1 saturated heterocycles. The average Bonchev–Trinajstić information content (AvgIpc) is 3.24. The summed E-state index contributed by atoms with van der Waals surface area (Å²) in [5.41, 5.74) is 2.11. The van der Waals surface area contributed by atoms with E-state index >= 15 is 8.78 Å². The highest BCUT2D eigenvalue weighted by Crippen LogP contribution is 2.34. The number of amides is 1. The number of hydrogen-bond donors (Lipinski definition) is 3. The van der Waals surface area contributed by atoms with E-state index in [0.717, 1.165) is 11.3 Å². The van der Waals surface area contributed by atoms with E-state index in [2.05, 4.69) is 20.6 Å². The van der Waals surface area contributed by atoms with E-state index in [9.17, 15) is 4.79 Å². The first-order valence-corrected chi connectivity index (χ1v) is 10.1. The molecule has 31 heavy (non-hydrogen) atoms. The van der Waals surface area contributed by atoms with Gasteiger partial charge in [-0.1, -0.05) is 12.1 Å². The standard InChI is InChI=1S/C22H25F2N5O2/c1-25-21(30)17-11-27-20-16(7-9-26-20)19(17)28-18-8-10-29(13-22(18,23)24)12-14-3-5-15(31-2)6-4-14/h3-7,9,11,18H,8,10,12-13H2,1-2H3,(H,25,30)(H2,26,27,28).